The van der Waals surface area contributed by atoms with Crippen molar-refractivity contribution < 1.29 is 4.79 Å². The van der Waals surface area contributed by atoms with Crippen molar-refractivity contribution in [2.75, 3.05) is 5.32 Å². The van der Waals surface area contributed by atoms with Crippen LogP contribution in [0.2, 0.25) is 0 Å². The maximum Gasteiger partial charge on any atom is 0.256 e. The van der Waals surface area contributed by atoms with E-state index in [1.807, 2.05) is 44.2 Å². The van der Waals surface area contributed by atoms with Crippen molar-refractivity contribution >= 4 is 24.2 Å². The third kappa shape index (κ3) is 2.74. The third-order valence-corrected chi connectivity index (χ3v) is 3.17. The van der Waals surface area contributed by atoms with Crippen molar-refractivity contribution in [2.24, 2.45) is 0 Å². The first-order chi connectivity index (χ1) is 8.58. The van der Waals surface area contributed by atoms with Crippen molar-refractivity contribution in [1.29, 1.82) is 0 Å². The fourth-order valence-electron chi connectivity index (χ4n) is 1.81. The average molecular weight is 257 g/mol. The van der Waals surface area contributed by atoms with E-state index in [2.05, 4.69) is 17.9 Å². The largest absolute Gasteiger partial charge is 0.322 e. The van der Waals surface area contributed by atoms with Gasteiger partial charge in [0.15, 0.2) is 0 Å². The van der Waals surface area contributed by atoms with Crippen LogP contribution >= 0.6 is 12.6 Å². The molecule has 2 aromatic carbocycles. The minimum absolute atomic E-state index is 0.132. The van der Waals surface area contributed by atoms with Crippen LogP contribution in [-0.2, 0) is 0 Å². The first-order valence-electron chi connectivity index (χ1n) is 5.74. The molecule has 0 saturated carbocycles. The molecular formula is C15H15NOS. The van der Waals surface area contributed by atoms with Crippen LogP contribution in [0.1, 0.15) is 21.5 Å². The summed E-state index contributed by atoms with van der Waals surface area (Å²) in [5.74, 6) is -0.132. The van der Waals surface area contributed by atoms with Crippen LogP contribution in [0.5, 0.6) is 0 Å². The Morgan fingerprint density at radius 3 is 2.50 bits per heavy atom. The molecule has 0 saturated heterocycles. The monoisotopic (exact) mass is 257 g/mol. The summed E-state index contributed by atoms with van der Waals surface area (Å²) in [4.78, 5) is 12.8. The van der Waals surface area contributed by atoms with Crippen LogP contribution in [0.15, 0.2) is 47.4 Å². The Bertz CT molecular complexity index is 593. The van der Waals surface area contributed by atoms with Gasteiger partial charge >= 0.3 is 0 Å². The highest BCUT2D eigenvalue weighted by Crippen LogP contribution is 2.19. The predicted octanol–water partition coefficient (Wildman–Crippen LogP) is 3.84. The van der Waals surface area contributed by atoms with E-state index in [-0.39, 0.29) is 5.91 Å². The Labute approximate surface area is 112 Å². The van der Waals surface area contributed by atoms with Gasteiger partial charge in [-0.1, -0.05) is 29.8 Å². The van der Waals surface area contributed by atoms with Gasteiger partial charge in [-0.05, 0) is 37.6 Å². The fraction of sp³-hybridized carbons (Fsp3) is 0.133. The number of nitrogens with one attached hydrogen (secondary N) is 1. The molecule has 0 aromatic heterocycles. The molecule has 2 nitrogen and oxygen atoms in total. The molecule has 18 heavy (non-hydrogen) atoms. The molecule has 92 valence electrons. The van der Waals surface area contributed by atoms with Gasteiger partial charge in [-0.2, -0.15) is 0 Å². The van der Waals surface area contributed by atoms with E-state index in [0.29, 0.717) is 10.5 Å². The summed E-state index contributed by atoms with van der Waals surface area (Å²) < 4.78 is 0. The third-order valence-electron chi connectivity index (χ3n) is 2.78. The molecule has 0 aliphatic heterocycles. The number of rotatable bonds is 2. The lowest BCUT2D eigenvalue weighted by Crippen LogP contribution is -2.13. The second-order valence-corrected chi connectivity index (χ2v) is 4.77. The van der Waals surface area contributed by atoms with E-state index in [1.165, 1.54) is 5.56 Å². The standard InChI is InChI=1S/C15H15NOS/c1-10-7-8-13(11(2)9-10)16-15(17)12-5-3-4-6-14(12)18/h3-9,18H,1-2H3,(H,16,17). The van der Waals surface area contributed by atoms with Crippen LogP contribution in [0.3, 0.4) is 0 Å². The number of benzene rings is 2. The Kier molecular flexibility index (Phi) is 3.72. The minimum Gasteiger partial charge on any atom is -0.322 e. The van der Waals surface area contributed by atoms with E-state index >= 15 is 0 Å². The molecule has 0 radical (unpaired) electrons. The fourth-order valence-corrected chi connectivity index (χ4v) is 2.07. The van der Waals surface area contributed by atoms with Crippen molar-refractivity contribution in [1.82, 2.24) is 0 Å². The van der Waals surface area contributed by atoms with E-state index in [1.54, 1.807) is 12.1 Å². The number of hydrogen-bond donors (Lipinski definition) is 2. The number of hydrogen-bond acceptors (Lipinski definition) is 2. The molecule has 0 aliphatic carbocycles. The van der Waals surface area contributed by atoms with Gasteiger partial charge in [0, 0.05) is 10.6 Å². The van der Waals surface area contributed by atoms with Crippen LogP contribution in [0.4, 0.5) is 5.69 Å². The summed E-state index contributed by atoms with van der Waals surface area (Å²) in [6.45, 7) is 4.01. The quantitative estimate of drug-likeness (QED) is 0.786. The number of thiol groups is 1. The van der Waals surface area contributed by atoms with Gasteiger partial charge in [0.05, 0.1) is 5.56 Å². The van der Waals surface area contributed by atoms with E-state index in [0.717, 1.165) is 11.3 Å². The number of carbonyl (C=O) groups excluding carboxylic acids is 1. The van der Waals surface area contributed by atoms with Gasteiger partial charge in [0.1, 0.15) is 0 Å². The first-order valence-corrected chi connectivity index (χ1v) is 6.19. The molecular weight excluding hydrogens is 242 g/mol. The smallest absolute Gasteiger partial charge is 0.256 e. The second-order valence-electron chi connectivity index (χ2n) is 4.29. The molecule has 1 N–H and O–H groups in total. The molecule has 0 spiro atoms. The topological polar surface area (TPSA) is 29.1 Å². The molecule has 0 atom stereocenters. The molecule has 0 heterocycles. The SMILES string of the molecule is Cc1ccc(NC(=O)c2ccccc2S)c(C)c1. The Hall–Kier alpha value is -1.74. The molecule has 2 aromatic rings. The van der Waals surface area contributed by atoms with Crippen molar-refractivity contribution in [2.45, 2.75) is 18.7 Å². The van der Waals surface area contributed by atoms with Crippen molar-refractivity contribution in [3.8, 4) is 0 Å². The van der Waals surface area contributed by atoms with Crippen LogP contribution in [-0.4, -0.2) is 5.91 Å². The van der Waals surface area contributed by atoms with Crippen molar-refractivity contribution in [3.05, 3.63) is 59.2 Å². The zero-order valence-corrected chi connectivity index (χ0v) is 11.3. The summed E-state index contributed by atoms with van der Waals surface area (Å²) in [5.41, 5.74) is 3.66. The zero-order chi connectivity index (χ0) is 13.1. The highest BCUT2D eigenvalue weighted by molar-refractivity contribution is 7.80. The van der Waals surface area contributed by atoms with E-state index in [9.17, 15) is 4.79 Å². The maximum absolute atomic E-state index is 12.1. The Morgan fingerprint density at radius 2 is 1.83 bits per heavy atom. The number of anilines is 1. The first kappa shape index (κ1) is 12.7. The summed E-state index contributed by atoms with van der Waals surface area (Å²) in [6, 6.07) is 13.2. The van der Waals surface area contributed by atoms with E-state index in [4.69, 9.17) is 0 Å². The molecule has 0 unspecified atom stereocenters. The lowest BCUT2D eigenvalue weighted by atomic mass is 10.1. The van der Waals surface area contributed by atoms with Crippen LogP contribution in [0.25, 0.3) is 0 Å². The summed E-state index contributed by atoms with van der Waals surface area (Å²) in [5, 5.41) is 2.91. The molecule has 2 rings (SSSR count). The predicted molar refractivity (Wildman–Crippen MR) is 77.6 cm³/mol. The van der Waals surface area contributed by atoms with Gasteiger partial charge in [0.25, 0.3) is 5.91 Å². The summed E-state index contributed by atoms with van der Waals surface area (Å²) >= 11 is 4.29. The Balaban J connectivity index is 2.24. The average Bonchev–Trinajstić information content (AvgIpc) is 2.33. The lowest BCUT2D eigenvalue weighted by molar-refractivity contribution is 0.102. The van der Waals surface area contributed by atoms with Gasteiger partial charge in [-0.25, -0.2) is 0 Å². The van der Waals surface area contributed by atoms with Crippen molar-refractivity contribution in [3.63, 3.8) is 0 Å². The lowest BCUT2D eigenvalue weighted by Gasteiger charge is -2.10. The van der Waals surface area contributed by atoms with Gasteiger partial charge in [-0.15, -0.1) is 12.6 Å². The maximum atomic E-state index is 12.1. The van der Waals surface area contributed by atoms with E-state index < -0.39 is 0 Å². The zero-order valence-electron chi connectivity index (χ0n) is 10.4. The second kappa shape index (κ2) is 5.27. The highest BCUT2D eigenvalue weighted by atomic mass is 32.1. The summed E-state index contributed by atoms with van der Waals surface area (Å²) in [7, 11) is 0. The molecule has 0 aliphatic rings. The van der Waals surface area contributed by atoms with Crippen LogP contribution < -0.4 is 5.32 Å². The minimum atomic E-state index is -0.132. The molecule has 3 heteroatoms. The molecule has 1 amide bonds. The van der Waals surface area contributed by atoms with Crippen LogP contribution in [0, 0.1) is 13.8 Å². The number of carbonyl (C=O) groups is 1. The summed E-state index contributed by atoms with van der Waals surface area (Å²) in [6.07, 6.45) is 0. The molecule has 0 fully saturated rings. The number of aryl methyl sites for hydroxylation is 2. The normalized spacial score (nSPS) is 10.2. The Morgan fingerprint density at radius 1 is 1.11 bits per heavy atom. The number of amides is 1. The highest BCUT2D eigenvalue weighted by Gasteiger charge is 2.10. The van der Waals surface area contributed by atoms with Gasteiger partial charge in [-0.3, -0.25) is 4.79 Å². The van der Waals surface area contributed by atoms with Gasteiger partial charge in [0.2, 0.25) is 0 Å². The molecule has 0 bridgehead atoms. The van der Waals surface area contributed by atoms with Gasteiger partial charge < -0.3 is 5.32 Å².